The van der Waals surface area contributed by atoms with E-state index in [1.165, 1.54) is 257 Å². The lowest BCUT2D eigenvalue weighted by atomic mass is 10.0. The monoisotopic (exact) mass is 973 g/mol. The van der Waals surface area contributed by atoms with E-state index >= 15 is 0 Å². The van der Waals surface area contributed by atoms with E-state index in [0.717, 1.165) is 57.8 Å². The Hall–Kier alpha value is -1.85. The normalized spacial score (nSPS) is 12.0. The summed E-state index contributed by atoms with van der Waals surface area (Å²) in [7, 11) is 0. The molecule has 0 aliphatic heterocycles. The first-order valence-corrected chi connectivity index (χ1v) is 31.2. The van der Waals surface area contributed by atoms with Crippen LogP contribution in [0.2, 0.25) is 0 Å². The third-order valence-electron chi connectivity index (χ3n) is 14.3. The smallest absolute Gasteiger partial charge is 0.306 e. The van der Waals surface area contributed by atoms with E-state index in [4.69, 9.17) is 14.2 Å². The van der Waals surface area contributed by atoms with Crippen molar-refractivity contribution in [1.29, 1.82) is 0 Å². The summed E-state index contributed by atoms with van der Waals surface area (Å²) in [5.74, 6) is -0.840. The minimum Gasteiger partial charge on any atom is -0.462 e. The van der Waals surface area contributed by atoms with Gasteiger partial charge in [-0.15, -0.1) is 0 Å². The zero-order valence-electron chi connectivity index (χ0n) is 46.9. The van der Waals surface area contributed by atoms with Gasteiger partial charge in [-0.05, 0) is 44.9 Å². The Bertz CT molecular complexity index is 1070. The van der Waals surface area contributed by atoms with E-state index in [2.05, 4.69) is 32.9 Å². The van der Waals surface area contributed by atoms with Crippen LogP contribution < -0.4 is 0 Å². The van der Waals surface area contributed by atoms with Gasteiger partial charge in [0.05, 0.1) is 0 Å². The van der Waals surface area contributed by atoms with E-state index < -0.39 is 6.10 Å². The van der Waals surface area contributed by atoms with Crippen LogP contribution in [0.25, 0.3) is 0 Å². The first-order chi connectivity index (χ1) is 34.0. The zero-order chi connectivity index (χ0) is 50.0. The fourth-order valence-electron chi connectivity index (χ4n) is 9.56. The highest BCUT2D eigenvalue weighted by atomic mass is 16.6. The van der Waals surface area contributed by atoms with Crippen molar-refractivity contribution >= 4 is 17.9 Å². The Labute approximate surface area is 431 Å². The second kappa shape index (κ2) is 58.7. The third kappa shape index (κ3) is 56.9. The van der Waals surface area contributed by atoms with Crippen LogP contribution in [0.5, 0.6) is 0 Å². The largest absolute Gasteiger partial charge is 0.462 e. The van der Waals surface area contributed by atoms with Crippen LogP contribution in [0.3, 0.4) is 0 Å². The van der Waals surface area contributed by atoms with Crippen molar-refractivity contribution in [2.45, 2.75) is 361 Å². The molecular formula is C63H120O6. The minimum atomic E-state index is -0.767. The lowest BCUT2D eigenvalue weighted by Gasteiger charge is -2.18. The summed E-state index contributed by atoms with van der Waals surface area (Å²) in [5, 5.41) is 0. The first kappa shape index (κ1) is 67.1. The summed E-state index contributed by atoms with van der Waals surface area (Å²) in [5.41, 5.74) is 0. The number of carbonyl (C=O) groups is 3. The topological polar surface area (TPSA) is 78.9 Å². The fourth-order valence-corrected chi connectivity index (χ4v) is 9.56. The van der Waals surface area contributed by atoms with E-state index in [9.17, 15) is 14.4 Å². The van der Waals surface area contributed by atoms with Crippen molar-refractivity contribution in [3.8, 4) is 0 Å². The average Bonchev–Trinajstić information content (AvgIpc) is 3.35. The molecule has 0 aromatic carbocycles. The molecule has 0 rings (SSSR count). The highest BCUT2D eigenvalue weighted by molar-refractivity contribution is 5.71. The quantitative estimate of drug-likeness (QED) is 0.0261. The van der Waals surface area contributed by atoms with Gasteiger partial charge in [-0.1, -0.05) is 303 Å². The van der Waals surface area contributed by atoms with E-state index in [1.807, 2.05) is 0 Å². The molecule has 0 amide bonds. The van der Waals surface area contributed by atoms with Gasteiger partial charge in [0, 0.05) is 19.3 Å². The van der Waals surface area contributed by atoms with E-state index in [-0.39, 0.29) is 31.1 Å². The Kier molecular flexibility index (Phi) is 57.1. The first-order valence-electron chi connectivity index (χ1n) is 31.2. The molecule has 0 aromatic heterocycles. The number of hydrogen-bond acceptors (Lipinski definition) is 6. The molecule has 0 aliphatic rings. The Balaban J connectivity index is 4.30. The molecule has 0 unspecified atom stereocenters. The Morgan fingerprint density at radius 2 is 0.478 bits per heavy atom. The summed E-state index contributed by atoms with van der Waals surface area (Å²) in [6.45, 7) is 6.71. The van der Waals surface area contributed by atoms with Crippen LogP contribution in [-0.2, 0) is 28.6 Å². The molecule has 6 heteroatoms. The van der Waals surface area contributed by atoms with E-state index in [0.29, 0.717) is 19.3 Å². The fraction of sp³-hybridized carbons (Fsp3) is 0.921. The Morgan fingerprint density at radius 3 is 0.725 bits per heavy atom. The second-order valence-corrected chi connectivity index (χ2v) is 21.3. The number of carbonyl (C=O) groups excluding carboxylic acids is 3. The van der Waals surface area contributed by atoms with Gasteiger partial charge in [-0.3, -0.25) is 14.4 Å². The molecule has 0 aliphatic carbocycles. The lowest BCUT2D eigenvalue weighted by Crippen LogP contribution is -2.30. The van der Waals surface area contributed by atoms with Gasteiger partial charge in [-0.25, -0.2) is 0 Å². The zero-order valence-corrected chi connectivity index (χ0v) is 46.9. The minimum absolute atomic E-state index is 0.0653. The summed E-state index contributed by atoms with van der Waals surface area (Å²) in [4.78, 5) is 38.3. The van der Waals surface area contributed by atoms with Crippen LogP contribution in [0.1, 0.15) is 355 Å². The van der Waals surface area contributed by atoms with Gasteiger partial charge in [0.25, 0.3) is 0 Å². The number of hydrogen-bond donors (Lipinski definition) is 0. The van der Waals surface area contributed by atoms with Gasteiger partial charge in [0.15, 0.2) is 6.10 Å². The van der Waals surface area contributed by atoms with Gasteiger partial charge >= 0.3 is 17.9 Å². The second-order valence-electron chi connectivity index (χ2n) is 21.3. The number of allylic oxidation sites excluding steroid dienone is 2. The maximum absolute atomic E-state index is 12.9. The average molecular weight is 974 g/mol. The van der Waals surface area contributed by atoms with Crippen molar-refractivity contribution in [2.75, 3.05) is 13.2 Å². The molecule has 69 heavy (non-hydrogen) atoms. The summed E-state index contributed by atoms with van der Waals surface area (Å²) in [6.07, 6.45) is 67.8. The molecule has 0 saturated heterocycles. The van der Waals surface area contributed by atoms with Gasteiger partial charge in [0.2, 0.25) is 0 Å². The van der Waals surface area contributed by atoms with Crippen molar-refractivity contribution in [1.82, 2.24) is 0 Å². The summed E-state index contributed by atoms with van der Waals surface area (Å²) >= 11 is 0. The van der Waals surface area contributed by atoms with Gasteiger partial charge < -0.3 is 14.2 Å². The molecule has 6 nitrogen and oxygen atoms in total. The van der Waals surface area contributed by atoms with Crippen molar-refractivity contribution in [3.63, 3.8) is 0 Å². The molecule has 0 N–H and O–H groups in total. The molecule has 1 atom stereocenters. The number of unbranched alkanes of at least 4 members (excludes halogenated alkanes) is 45. The predicted octanol–water partition coefficient (Wildman–Crippen LogP) is 20.9. The highest BCUT2D eigenvalue weighted by Gasteiger charge is 2.19. The molecular weight excluding hydrogens is 853 g/mol. The van der Waals surface area contributed by atoms with Crippen LogP contribution in [0.4, 0.5) is 0 Å². The molecule has 0 fully saturated rings. The molecule has 0 aromatic rings. The lowest BCUT2D eigenvalue weighted by molar-refractivity contribution is -0.167. The molecule has 0 bridgehead atoms. The molecule has 0 heterocycles. The standard InChI is InChI=1S/C63H120O6/c1-4-7-10-13-16-19-22-25-28-30-31-33-35-38-41-44-47-50-53-56-62(65)68-59-60(58-67-61(64)55-52-49-46-43-40-37-34-27-24-21-18-15-12-9-6-3)69-63(66)57-54-51-48-45-42-39-36-32-29-26-23-20-17-14-11-8-5-2/h26,29,60H,4-25,27-28,30-59H2,1-3H3/b29-26-/t60-/m1/s1. The SMILES string of the molecule is CCCCCCCC/C=C\CCCCCCCCCC(=O)O[C@H](COC(=O)CCCCCCCCCCCCCCCCC)COC(=O)CCCCCCCCCCCCCCCCCCCCC. The van der Waals surface area contributed by atoms with Crippen molar-refractivity contribution in [3.05, 3.63) is 12.2 Å². The molecule has 408 valence electrons. The van der Waals surface area contributed by atoms with Crippen LogP contribution in [-0.4, -0.2) is 37.2 Å². The molecule has 0 saturated carbocycles. The van der Waals surface area contributed by atoms with Crippen molar-refractivity contribution in [2.24, 2.45) is 0 Å². The third-order valence-corrected chi connectivity index (χ3v) is 14.3. The predicted molar refractivity (Wildman–Crippen MR) is 298 cm³/mol. The maximum Gasteiger partial charge on any atom is 0.306 e. The van der Waals surface area contributed by atoms with Crippen LogP contribution in [0, 0.1) is 0 Å². The number of rotatable bonds is 58. The van der Waals surface area contributed by atoms with Crippen LogP contribution >= 0.6 is 0 Å². The van der Waals surface area contributed by atoms with E-state index in [1.54, 1.807) is 0 Å². The molecule has 0 radical (unpaired) electrons. The highest BCUT2D eigenvalue weighted by Crippen LogP contribution is 2.18. The molecule has 0 spiro atoms. The van der Waals surface area contributed by atoms with Gasteiger partial charge in [0.1, 0.15) is 13.2 Å². The van der Waals surface area contributed by atoms with Crippen LogP contribution in [0.15, 0.2) is 12.2 Å². The van der Waals surface area contributed by atoms with Gasteiger partial charge in [-0.2, -0.15) is 0 Å². The summed E-state index contributed by atoms with van der Waals surface area (Å²) in [6, 6.07) is 0. The van der Waals surface area contributed by atoms with Crippen molar-refractivity contribution < 1.29 is 28.6 Å². The number of ether oxygens (including phenoxy) is 3. The number of esters is 3. The summed E-state index contributed by atoms with van der Waals surface area (Å²) < 4.78 is 16.9. The Morgan fingerprint density at radius 1 is 0.275 bits per heavy atom. The maximum atomic E-state index is 12.9.